The lowest BCUT2D eigenvalue weighted by atomic mass is 9.94. The molecule has 0 radical (unpaired) electrons. The lowest BCUT2D eigenvalue weighted by molar-refractivity contribution is -0.132. The van der Waals surface area contributed by atoms with Crippen LogP contribution in [0.15, 0.2) is 66.2 Å². The summed E-state index contributed by atoms with van der Waals surface area (Å²) in [5, 5.41) is 11.7. The Morgan fingerprint density at radius 2 is 1.81 bits per heavy atom. The molecule has 37 heavy (non-hydrogen) atoms. The zero-order valence-corrected chi connectivity index (χ0v) is 21.8. The molecule has 188 valence electrons. The molecule has 1 saturated heterocycles. The number of hydrogen-bond donors (Lipinski definition) is 1. The molecule has 1 aliphatic heterocycles. The van der Waals surface area contributed by atoms with Crippen molar-refractivity contribution < 1.29 is 24.2 Å². The quantitative estimate of drug-likeness (QED) is 0.198. The normalized spacial score (nSPS) is 17.0. The van der Waals surface area contributed by atoms with Gasteiger partial charge >= 0.3 is 5.91 Å². The third-order valence-corrected chi connectivity index (χ3v) is 7.57. The van der Waals surface area contributed by atoms with Crippen molar-refractivity contribution in [1.29, 1.82) is 0 Å². The summed E-state index contributed by atoms with van der Waals surface area (Å²) in [5.74, 6) is -1.01. The topological polar surface area (TPSA) is 89.0 Å². The number of aliphatic hydroxyl groups excluding tert-OH is 1. The number of ketones is 1. The number of aromatic nitrogens is 1. The van der Waals surface area contributed by atoms with Gasteiger partial charge in [-0.05, 0) is 37.1 Å². The second kappa shape index (κ2) is 9.71. The number of Topliss-reactive ketones (excluding diaryl/α,β-unsaturated/α-hetero) is 1. The van der Waals surface area contributed by atoms with Crippen LogP contribution in [-0.4, -0.2) is 36.0 Å². The maximum absolute atomic E-state index is 13.6. The largest absolute Gasteiger partial charge is 0.507 e. The van der Waals surface area contributed by atoms with E-state index in [1.807, 2.05) is 37.3 Å². The predicted octanol–water partition coefficient (Wildman–Crippen LogP) is 5.81. The molecule has 8 heteroatoms. The highest BCUT2D eigenvalue weighted by Crippen LogP contribution is 2.48. The highest BCUT2D eigenvalue weighted by Gasteiger charge is 2.49. The maximum atomic E-state index is 13.6. The summed E-state index contributed by atoms with van der Waals surface area (Å²) in [6, 6.07) is 17.4. The Labute approximate surface area is 218 Å². The smallest absolute Gasteiger partial charge is 0.301 e. The number of hydrogen-bond acceptors (Lipinski definition) is 7. The summed E-state index contributed by atoms with van der Waals surface area (Å²) in [5.41, 5.74) is 3.79. The third kappa shape index (κ3) is 4.13. The van der Waals surface area contributed by atoms with E-state index in [1.54, 1.807) is 30.3 Å². The molecule has 1 unspecified atom stereocenters. The van der Waals surface area contributed by atoms with Gasteiger partial charge in [0.25, 0.3) is 5.78 Å². The Bertz CT molecular complexity index is 1550. The molecule has 0 spiro atoms. The molecular formula is C29H26N2O5S. The fourth-order valence-corrected chi connectivity index (χ4v) is 5.65. The van der Waals surface area contributed by atoms with E-state index < -0.39 is 17.7 Å². The summed E-state index contributed by atoms with van der Waals surface area (Å²) in [6.07, 6.45) is 0.866. The van der Waals surface area contributed by atoms with Gasteiger partial charge in [-0.2, -0.15) is 0 Å². The Morgan fingerprint density at radius 3 is 2.49 bits per heavy atom. The fourth-order valence-electron chi connectivity index (χ4n) is 4.60. The van der Waals surface area contributed by atoms with E-state index in [4.69, 9.17) is 14.5 Å². The fraction of sp³-hybridized carbons (Fsp3) is 0.207. The average Bonchev–Trinajstić information content (AvgIpc) is 3.45. The summed E-state index contributed by atoms with van der Waals surface area (Å²) in [4.78, 5) is 33.1. The first-order valence-electron chi connectivity index (χ1n) is 11.9. The van der Waals surface area contributed by atoms with Gasteiger partial charge in [0, 0.05) is 11.1 Å². The van der Waals surface area contributed by atoms with Gasteiger partial charge in [-0.25, -0.2) is 4.98 Å². The van der Waals surface area contributed by atoms with Crippen molar-refractivity contribution >= 4 is 44.1 Å². The first-order chi connectivity index (χ1) is 17.9. The number of methoxy groups -OCH3 is 2. The summed E-state index contributed by atoms with van der Waals surface area (Å²) in [7, 11) is 3.02. The SMILES string of the molecule is CCc1ccc2nc(N3C(=O)C(=O)/C(=C(/O)c4ccc(C)cc4)C3c3cccc(OC)c3OC)sc2c1. The van der Waals surface area contributed by atoms with E-state index in [1.165, 1.54) is 30.5 Å². The van der Waals surface area contributed by atoms with Crippen molar-refractivity contribution in [2.24, 2.45) is 0 Å². The number of carbonyl (C=O) groups excluding carboxylic acids is 2. The summed E-state index contributed by atoms with van der Waals surface area (Å²) >= 11 is 1.33. The van der Waals surface area contributed by atoms with E-state index >= 15 is 0 Å². The first-order valence-corrected chi connectivity index (χ1v) is 12.7. The molecule has 1 aromatic heterocycles. The number of rotatable bonds is 6. The molecule has 1 atom stereocenters. The van der Waals surface area contributed by atoms with Crippen LogP contribution in [0.5, 0.6) is 11.5 Å². The zero-order valence-electron chi connectivity index (χ0n) is 20.9. The van der Waals surface area contributed by atoms with Crippen molar-refractivity contribution in [3.63, 3.8) is 0 Å². The molecular weight excluding hydrogens is 488 g/mol. The number of benzene rings is 3. The average molecular weight is 515 g/mol. The van der Waals surface area contributed by atoms with Gasteiger partial charge in [0.05, 0.1) is 30.0 Å². The molecule has 4 aromatic rings. The monoisotopic (exact) mass is 514 g/mol. The van der Waals surface area contributed by atoms with Crippen molar-refractivity contribution in [1.82, 2.24) is 4.98 Å². The number of ether oxygens (including phenoxy) is 2. The highest BCUT2D eigenvalue weighted by atomic mass is 32.1. The molecule has 3 aromatic carbocycles. The predicted molar refractivity (Wildman–Crippen MR) is 145 cm³/mol. The van der Waals surface area contributed by atoms with Gasteiger partial charge in [0.1, 0.15) is 11.8 Å². The van der Waals surface area contributed by atoms with Gasteiger partial charge < -0.3 is 14.6 Å². The molecule has 7 nitrogen and oxygen atoms in total. The zero-order chi connectivity index (χ0) is 26.3. The molecule has 1 aliphatic rings. The van der Waals surface area contributed by atoms with Crippen LogP contribution in [0.4, 0.5) is 5.13 Å². The maximum Gasteiger partial charge on any atom is 0.301 e. The van der Waals surface area contributed by atoms with Crippen LogP contribution in [0.3, 0.4) is 0 Å². The number of fused-ring (bicyclic) bond motifs is 1. The van der Waals surface area contributed by atoms with Gasteiger partial charge in [-0.15, -0.1) is 0 Å². The minimum atomic E-state index is -0.974. The van der Waals surface area contributed by atoms with Crippen LogP contribution in [0.1, 0.15) is 35.2 Å². The molecule has 1 N–H and O–H groups in total. The van der Waals surface area contributed by atoms with E-state index in [-0.39, 0.29) is 11.3 Å². The number of para-hydroxylation sites is 1. The van der Waals surface area contributed by atoms with Crippen LogP contribution in [0.25, 0.3) is 16.0 Å². The standard InChI is InChI=1S/C29H26N2O5S/c1-5-17-11-14-20-22(15-17)37-29(30-20)31-24(19-7-6-8-21(35-3)27(19)36-4)23(26(33)28(31)34)25(32)18-12-9-16(2)10-13-18/h6-15,24,32H,5H2,1-4H3/b25-23+. The lowest BCUT2D eigenvalue weighted by Gasteiger charge is -2.25. The van der Waals surface area contributed by atoms with Crippen LogP contribution < -0.4 is 14.4 Å². The van der Waals surface area contributed by atoms with Crippen LogP contribution in [0, 0.1) is 6.92 Å². The second-order valence-electron chi connectivity index (χ2n) is 8.77. The molecule has 0 bridgehead atoms. The number of carbonyl (C=O) groups is 2. The van der Waals surface area contributed by atoms with Crippen LogP contribution in [-0.2, 0) is 16.0 Å². The Hall–Kier alpha value is -4.17. The van der Waals surface area contributed by atoms with E-state index in [9.17, 15) is 14.7 Å². The number of amides is 1. The Kier molecular flexibility index (Phi) is 6.43. The molecule has 1 amide bonds. The highest BCUT2D eigenvalue weighted by molar-refractivity contribution is 7.22. The second-order valence-corrected chi connectivity index (χ2v) is 9.78. The molecule has 0 aliphatic carbocycles. The third-order valence-electron chi connectivity index (χ3n) is 6.55. The van der Waals surface area contributed by atoms with Crippen molar-refractivity contribution in [3.05, 3.63) is 88.5 Å². The van der Waals surface area contributed by atoms with Crippen LogP contribution >= 0.6 is 11.3 Å². The van der Waals surface area contributed by atoms with Crippen molar-refractivity contribution in [3.8, 4) is 11.5 Å². The molecule has 0 saturated carbocycles. The van der Waals surface area contributed by atoms with Gasteiger partial charge in [-0.3, -0.25) is 14.5 Å². The van der Waals surface area contributed by atoms with E-state index in [0.29, 0.717) is 27.8 Å². The molecule has 2 heterocycles. The number of aliphatic hydroxyl groups is 1. The number of aryl methyl sites for hydroxylation is 2. The van der Waals surface area contributed by atoms with Gasteiger partial charge in [0.15, 0.2) is 16.6 Å². The minimum absolute atomic E-state index is 0.0334. The summed E-state index contributed by atoms with van der Waals surface area (Å²) in [6.45, 7) is 4.00. The lowest BCUT2D eigenvalue weighted by Crippen LogP contribution is -2.29. The molecule has 1 fully saturated rings. The number of thiazole rings is 1. The minimum Gasteiger partial charge on any atom is -0.507 e. The Balaban J connectivity index is 1.77. The van der Waals surface area contributed by atoms with Crippen LogP contribution in [0.2, 0.25) is 0 Å². The number of anilines is 1. The summed E-state index contributed by atoms with van der Waals surface area (Å²) < 4.78 is 12.1. The van der Waals surface area contributed by atoms with Crippen molar-refractivity contribution in [2.75, 3.05) is 19.1 Å². The van der Waals surface area contributed by atoms with Gasteiger partial charge in [0.2, 0.25) is 0 Å². The first kappa shape index (κ1) is 24.5. The van der Waals surface area contributed by atoms with E-state index in [2.05, 4.69) is 6.92 Å². The molecule has 5 rings (SSSR count). The number of nitrogens with zero attached hydrogens (tertiary/aromatic N) is 2. The van der Waals surface area contributed by atoms with Gasteiger partial charge in [-0.1, -0.05) is 66.3 Å². The van der Waals surface area contributed by atoms with E-state index in [0.717, 1.165) is 27.8 Å². The van der Waals surface area contributed by atoms with Crippen molar-refractivity contribution in [2.45, 2.75) is 26.3 Å². The Morgan fingerprint density at radius 1 is 1.05 bits per heavy atom.